The molecule has 0 atom stereocenters. The number of aliphatic hydroxyl groups excluding tert-OH is 1. The molecule has 3 aromatic rings. The van der Waals surface area contributed by atoms with E-state index in [1.807, 2.05) is 24.3 Å². The third-order valence-corrected chi connectivity index (χ3v) is 4.92. The Morgan fingerprint density at radius 3 is 2.42 bits per heavy atom. The topological polar surface area (TPSA) is 103 Å². The number of aliphatic hydroxyl groups is 1. The van der Waals surface area contributed by atoms with Gasteiger partial charge in [0.25, 0.3) is 0 Å². The van der Waals surface area contributed by atoms with Gasteiger partial charge in [0.05, 0.1) is 11.5 Å². The summed E-state index contributed by atoms with van der Waals surface area (Å²) in [6.07, 6.45) is 6.97. The molecule has 5 N–H and O–H groups in total. The molecule has 1 aliphatic carbocycles. The first-order chi connectivity index (χ1) is 11.6. The molecule has 0 radical (unpaired) electrons. The van der Waals surface area contributed by atoms with Crippen molar-refractivity contribution in [2.75, 3.05) is 11.5 Å². The van der Waals surface area contributed by atoms with Gasteiger partial charge in [-0.2, -0.15) is 0 Å². The number of nitrogens with zero attached hydrogens (tertiary/aromatic N) is 3. The van der Waals surface area contributed by atoms with Gasteiger partial charge in [-0.3, -0.25) is 0 Å². The summed E-state index contributed by atoms with van der Waals surface area (Å²) in [5.41, 5.74) is 15.6. The Morgan fingerprint density at radius 2 is 1.71 bits per heavy atom. The average Bonchev–Trinajstić information content (AvgIpc) is 2.97. The minimum atomic E-state index is -0.181. The number of hydrogen-bond donors (Lipinski definition) is 3. The van der Waals surface area contributed by atoms with Crippen LogP contribution in [0.2, 0.25) is 0 Å². The molecule has 6 nitrogen and oxygen atoms in total. The Bertz CT molecular complexity index is 863. The van der Waals surface area contributed by atoms with E-state index < -0.39 is 0 Å². The molecular weight excluding hydrogens is 302 g/mol. The Kier molecular flexibility index (Phi) is 3.61. The second-order valence-electron chi connectivity index (χ2n) is 6.49. The summed E-state index contributed by atoms with van der Waals surface area (Å²) >= 11 is 0. The largest absolute Gasteiger partial charge is 0.399 e. The summed E-state index contributed by atoms with van der Waals surface area (Å²) in [4.78, 5) is 8.65. The van der Waals surface area contributed by atoms with Gasteiger partial charge in [0.1, 0.15) is 17.8 Å². The van der Waals surface area contributed by atoms with E-state index in [1.165, 1.54) is 6.33 Å². The number of benzene rings is 1. The fraction of sp³-hybridized carbons (Fsp3) is 0.333. The van der Waals surface area contributed by atoms with Gasteiger partial charge in [0, 0.05) is 23.5 Å². The quantitative estimate of drug-likeness (QED) is 0.629. The summed E-state index contributed by atoms with van der Waals surface area (Å²) < 4.78 is 2.20. The van der Waals surface area contributed by atoms with Crippen molar-refractivity contribution in [1.29, 1.82) is 0 Å². The van der Waals surface area contributed by atoms with E-state index in [0.29, 0.717) is 11.9 Å². The number of aromatic nitrogens is 3. The maximum atomic E-state index is 9.77. The van der Waals surface area contributed by atoms with Crippen LogP contribution in [0.1, 0.15) is 31.7 Å². The number of anilines is 2. The fourth-order valence-corrected chi connectivity index (χ4v) is 3.60. The zero-order valence-electron chi connectivity index (χ0n) is 13.4. The van der Waals surface area contributed by atoms with Gasteiger partial charge in [-0.15, -0.1) is 0 Å². The van der Waals surface area contributed by atoms with Gasteiger partial charge >= 0.3 is 0 Å². The standard InChI is InChI=1S/C18H21N5O/c19-12-3-1-11(2-4-12)15-9-23(13-5-7-14(24)8-6-13)18-16(15)17(20)21-10-22-18/h1-4,9-10,13-14,24H,5-8,19H2,(H2,20,21,22). The van der Waals surface area contributed by atoms with Crippen molar-refractivity contribution in [2.45, 2.75) is 37.8 Å². The molecule has 1 aliphatic rings. The highest BCUT2D eigenvalue weighted by Crippen LogP contribution is 2.38. The number of hydrogen-bond acceptors (Lipinski definition) is 5. The van der Waals surface area contributed by atoms with Crippen LogP contribution in [0.4, 0.5) is 11.5 Å². The van der Waals surface area contributed by atoms with E-state index in [1.54, 1.807) is 0 Å². The molecule has 1 fully saturated rings. The lowest BCUT2D eigenvalue weighted by atomic mass is 9.93. The molecule has 0 aliphatic heterocycles. The van der Waals surface area contributed by atoms with E-state index >= 15 is 0 Å². The number of rotatable bonds is 2. The zero-order valence-corrected chi connectivity index (χ0v) is 13.4. The molecule has 0 unspecified atom stereocenters. The molecule has 1 aromatic carbocycles. The van der Waals surface area contributed by atoms with Gasteiger partial charge in [-0.1, -0.05) is 12.1 Å². The molecule has 0 bridgehead atoms. The highest BCUT2D eigenvalue weighted by molar-refractivity contribution is 6.00. The van der Waals surface area contributed by atoms with Crippen molar-refractivity contribution in [3.63, 3.8) is 0 Å². The predicted octanol–water partition coefficient (Wildman–Crippen LogP) is 2.74. The predicted molar refractivity (Wildman–Crippen MR) is 95.3 cm³/mol. The first kappa shape index (κ1) is 15.0. The minimum absolute atomic E-state index is 0.181. The minimum Gasteiger partial charge on any atom is -0.399 e. The van der Waals surface area contributed by atoms with Crippen molar-refractivity contribution in [3.05, 3.63) is 36.8 Å². The van der Waals surface area contributed by atoms with Crippen molar-refractivity contribution in [1.82, 2.24) is 14.5 Å². The maximum Gasteiger partial charge on any atom is 0.146 e. The summed E-state index contributed by atoms with van der Waals surface area (Å²) in [6, 6.07) is 8.08. The van der Waals surface area contributed by atoms with Crippen molar-refractivity contribution in [3.8, 4) is 11.1 Å². The van der Waals surface area contributed by atoms with Crippen molar-refractivity contribution < 1.29 is 5.11 Å². The lowest BCUT2D eigenvalue weighted by molar-refractivity contribution is 0.111. The molecule has 0 amide bonds. The van der Waals surface area contributed by atoms with Crippen LogP contribution in [0, 0.1) is 0 Å². The zero-order chi connectivity index (χ0) is 16.7. The third-order valence-electron chi connectivity index (χ3n) is 4.92. The molecule has 4 rings (SSSR count). The van der Waals surface area contributed by atoms with Crippen molar-refractivity contribution in [2.24, 2.45) is 0 Å². The van der Waals surface area contributed by atoms with Crippen LogP contribution in [0.3, 0.4) is 0 Å². The molecular formula is C18H21N5O. The van der Waals surface area contributed by atoms with Gasteiger partial charge in [0.15, 0.2) is 0 Å². The van der Waals surface area contributed by atoms with E-state index in [0.717, 1.165) is 53.5 Å². The van der Waals surface area contributed by atoms with Gasteiger partial charge in [0.2, 0.25) is 0 Å². The SMILES string of the molecule is Nc1ccc(-c2cn(C3CCC(O)CC3)c3ncnc(N)c23)cc1. The maximum absolute atomic E-state index is 9.77. The highest BCUT2D eigenvalue weighted by atomic mass is 16.3. The number of nitrogens with two attached hydrogens (primary N) is 2. The van der Waals surface area contributed by atoms with Crippen LogP contribution >= 0.6 is 0 Å². The normalized spacial score (nSPS) is 21.2. The van der Waals surface area contributed by atoms with Crippen LogP contribution in [-0.2, 0) is 0 Å². The fourth-order valence-electron chi connectivity index (χ4n) is 3.60. The highest BCUT2D eigenvalue weighted by Gasteiger charge is 2.24. The van der Waals surface area contributed by atoms with Gasteiger partial charge in [-0.05, 0) is 43.4 Å². The summed E-state index contributed by atoms with van der Waals surface area (Å²) in [6.45, 7) is 0. The molecule has 2 heterocycles. The van der Waals surface area contributed by atoms with E-state index in [9.17, 15) is 5.11 Å². The third kappa shape index (κ3) is 2.49. The first-order valence-corrected chi connectivity index (χ1v) is 8.28. The first-order valence-electron chi connectivity index (χ1n) is 8.28. The smallest absolute Gasteiger partial charge is 0.146 e. The lowest BCUT2D eigenvalue weighted by Crippen LogP contribution is -2.20. The molecule has 6 heteroatoms. The van der Waals surface area contributed by atoms with Gasteiger partial charge < -0.3 is 21.1 Å². The van der Waals surface area contributed by atoms with Crippen LogP contribution in [-0.4, -0.2) is 25.7 Å². The Morgan fingerprint density at radius 1 is 1.00 bits per heavy atom. The van der Waals surface area contributed by atoms with E-state index in [2.05, 4.69) is 20.7 Å². The molecule has 0 saturated heterocycles. The molecule has 2 aromatic heterocycles. The summed E-state index contributed by atoms with van der Waals surface area (Å²) in [5, 5.41) is 10.7. The molecule has 1 saturated carbocycles. The monoisotopic (exact) mass is 323 g/mol. The Balaban J connectivity index is 1.87. The number of fused-ring (bicyclic) bond motifs is 1. The van der Waals surface area contributed by atoms with E-state index in [4.69, 9.17) is 11.5 Å². The van der Waals surface area contributed by atoms with Crippen molar-refractivity contribution >= 4 is 22.5 Å². The van der Waals surface area contributed by atoms with Crippen LogP contribution in [0.15, 0.2) is 36.8 Å². The molecule has 24 heavy (non-hydrogen) atoms. The van der Waals surface area contributed by atoms with Crippen LogP contribution in [0.5, 0.6) is 0 Å². The second kappa shape index (κ2) is 5.79. The second-order valence-corrected chi connectivity index (χ2v) is 6.49. The summed E-state index contributed by atoms with van der Waals surface area (Å²) in [5.74, 6) is 0.487. The summed E-state index contributed by atoms with van der Waals surface area (Å²) in [7, 11) is 0. The molecule has 0 spiro atoms. The van der Waals surface area contributed by atoms with E-state index in [-0.39, 0.29) is 6.10 Å². The Labute approximate surface area is 140 Å². The lowest BCUT2D eigenvalue weighted by Gasteiger charge is -2.27. The Hall–Kier alpha value is -2.60. The van der Waals surface area contributed by atoms with Gasteiger partial charge in [-0.25, -0.2) is 9.97 Å². The average molecular weight is 323 g/mol. The number of nitrogen functional groups attached to an aromatic ring is 2. The van der Waals surface area contributed by atoms with Crippen LogP contribution in [0.25, 0.3) is 22.2 Å². The van der Waals surface area contributed by atoms with Crippen LogP contribution < -0.4 is 11.5 Å². The molecule has 124 valence electrons.